The summed E-state index contributed by atoms with van der Waals surface area (Å²) in [7, 11) is 1.67. The second kappa shape index (κ2) is 3.11. The van der Waals surface area contributed by atoms with Gasteiger partial charge in [-0.25, -0.2) is 0 Å². The largest absolute Gasteiger partial charge is 0.496 e. The summed E-state index contributed by atoms with van der Waals surface area (Å²) in [6.45, 7) is 0.873. The molecule has 0 radical (unpaired) electrons. The van der Waals surface area contributed by atoms with E-state index < -0.39 is 0 Å². The normalized spacial score (nSPS) is 20.6. The van der Waals surface area contributed by atoms with E-state index in [1.54, 1.807) is 13.3 Å². The highest BCUT2D eigenvalue weighted by molar-refractivity contribution is 5.30. The first-order valence-corrected chi connectivity index (χ1v) is 3.98. The Balaban J connectivity index is 2.15. The average Bonchev–Trinajstić information content (AvgIpc) is 2.89. The molecule has 1 unspecified atom stereocenters. The molecule has 1 fully saturated rings. The van der Waals surface area contributed by atoms with Crippen LogP contribution < -0.4 is 4.74 Å². The number of epoxide rings is 1. The van der Waals surface area contributed by atoms with Crippen molar-refractivity contribution >= 4 is 0 Å². The topological polar surface area (TPSA) is 34.6 Å². The molecule has 1 aliphatic heterocycles. The van der Waals surface area contributed by atoms with Gasteiger partial charge in [0.2, 0.25) is 0 Å². The van der Waals surface area contributed by atoms with Gasteiger partial charge in [0.05, 0.1) is 19.8 Å². The van der Waals surface area contributed by atoms with Crippen molar-refractivity contribution in [2.75, 3.05) is 13.7 Å². The fraction of sp³-hybridized carbons (Fsp3) is 0.444. The highest BCUT2D eigenvalue weighted by Gasteiger charge is 2.23. The van der Waals surface area contributed by atoms with Gasteiger partial charge >= 0.3 is 0 Å². The molecular weight excluding hydrogens is 154 g/mol. The summed E-state index contributed by atoms with van der Waals surface area (Å²) in [6.07, 6.45) is 4.87. The summed E-state index contributed by atoms with van der Waals surface area (Å²) in [5.74, 6) is 0.903. The average molecular weight is 165 g/mol. The van der Waals surface area contributed by atoms with Crippen LogP contribution >= 0.6 is 0 Å². The fourth-order valence-corrected chi connectivity index (χ4v) is 1.20. The summed E-state index contributed by atoms with van der Waals surface area (Å²) in [6, 6.07) is 1.87. The molecule has 0 N–H and O–H groups in total. The van der Waals surface area contributed by atoms with Crippen molar-refractivity contribution in [2.45, 2.75) is 12.5 Å². The lowest BCUT2D eigenvalue weighted by Gasteiger charge is -2.04. The molecule has 0 saturated carbocycles. The van der Waals surface area contributed by atoms with E-state index in [9.17, 15) is 0 Å². The fourth-order valence-electron chi connectivity index (χ4n) is 1.20. The van der Waals surface area contributed by atoms with Crippen LogP contribution in [0.15, 0.2) is 18.5 Å². The molecule has 1 aromatic heterocycles. The van der Waals surface area contributed by atoms with Gasteiger partial charge in [0.25, 0.3) is 0 Å². The van der Waals surface area contributed by atoms with Crippen molar-refractivity contribution in [3.63, 3.8) is 0 Å². The second-order valence-electron chi connectivity index (χ2n) is 2.85. The van der Waals surface area contributed by atoms with Crippen LogP contribution in [0.1, 0.15) is 5.56 Å². The van der Waals surface area contributed by atoms with Crippen LogP contribution in [0.25, 0.3) is 0 Å². The third-order valence-corrected chi connectivity index (χ3v) is 1.93. The van der Waals surface area contributed by atoms with Gasteiger partial charge in [-0.2, -0.15) is 0 Å². The van der Waals surface area contributed by atoms with Crippen molar-refractivity contribution in [3.8, 4) is 5.75 Å². The maximum Gasteiger partial charge on any atom is 0.125 e. The number of pyridine rings is 1. The van der Waals surface area contributed by atoms with Crippen LogP contribution in [0, 0.1) is 0 Å². The zero-order valence-corrected chi connectivity index (χ0v) is 6.99. The van der Waals surface area contributed by atoms with Gasteiger partial charge in [0, 0.05) is 24.4 Å². The minimum absolute atomic E-state index is 0.392. The molecule has 64 valence electrons. The van der Waals surface area contributed by atoms with Gasteiger partial charge < -0.3 is 9.47 Å². The summed E-state index contributed by atoms with van der Waals surface area (Å²) >= 11 is 0. The van der Waals surface area contributed by atoms with Crippen LogP contribution in [-0.2, 0) is 11.2 Å². The van der Waals surface area contributed by atoms with Gasteiger partial charge in [-0.3, -0.25) is 4.98 Å². The number of aromatic nitrogens is 1. The van der Waals surface area contributed by atoms with Gasteiger partial charge in [-0.1, -0.05) is 0 Å². The van der Waals surface area contributed by atoms with Crippen LogP contribution in [0.5, 0.6) is 5.75 Å². The Bertz CT molecular complexity index is 271. The minimum Gasteiger partial charge on any atom is -0.496 e. The third kappa shape index (κ3) is 1.56. The molecule has 1 saturated heterocycles. The zero-order chi connectivity index (χ0) is 8.39. The molecule has 0 aromatic carbocycles. The Morgan fingerprint density at radius 1 is 1.75 bits per heavy atom. The quantitative estimate of drug-likeness (QED) is 0.627. The zero-order valence-electron chi connectivity index (χ0n) is 6.99. The van der Waals surface area contributed by atoms with E-state index in [0.29, 0.717) is 6.10 Å². The molecule has 1 aliphatic rings. The highest BCUT2D eigenvalue weighted by Crippen LogP contribution is 2.22. The summed E-state index contributed by atoms with van der Waals surface area (Å²) in [5, 5.41) is 0. The molecule has 1 atom stereocenters. The number of hydrogen-bond donors (Lipinski definition) is 0. The maximum atomic E-state index is 5.18. The predicted molar refractivity (Wildman–Crippen MR) is 44.2 cm³/mol. The molecule has 1 aromatic rings. The van der Waals surface area contributed by atoms with Crippen LogP contribution in [0.3, 0.4) is 0 Å². The Hall–Kier alpha value is -1.09. The minimum atomic E-state index is 0.392. The maximum absolute atomic E-state index is 5.18. The molecular formula is C9H11NO2. The monoisotopic (exact) mass is 165 g/mol. The second-order valence-corrected chi connectivity index (χ2v) is 2.85. The van der Waals surface area contributed by atoms with Crippen LogP contribution in [0.4, 0.5) is 0 Å². The number of hydrogen-bond acceptors (Lipinski definition) is 3. The standard InChI is InChI=1S/C9H11NO2/c1-11-9-2-3-10-5-7(9)4-8-6-12-8/h2-3,5,8H,4,6H2,1H3. The summed E-state index contributed by atoms with van der Waals surface area (Å²) < 4.78 is 10.3. The van der Waals surface area contributed by atoms with E-state index >= 15 is 0 Å². The number of ether oxygens (including phenoxy) is 2. The molecule has 2 rings (SSSR count). The molecule has 2 heterocycles. The molecule has 0 aliphatic carbocycles. The highest BCUT2D eigenvalue weighted by atomic mass is 16.6. The Morgan fingerprint density at radius 2 is 2.58 bits per heavy atom. The lowest BCUT2D eigenvalue weighted by Crippen LogP contribution is -1.97. The van der Waals surface area contributed by atoms with Gasteiger partial charge in [-0.05, 0) is 6.07 Å². The summed E-state index contributed by atoms with van der Waals surface area (Å²) in [4.78, 5) is 4.04. The molecule has 3 nitrogen and oxygen atoms in total. The van der Waals surface area contributed by atoms with E-state index in [0.717, 1.165) is 24.3 Å². The van der Waals surface area contributed by atoms with Crippen LogP contribution in [0.2, 0.25) is 0 Å². The van der Waals surface area contributed by atoms with Crippen molar-refractivity contribution < 1.29 is 9.47 Å². The molecule has 0 bridgehead atoms. The lowest BCUT2D eigenvalue weighted by molar-refractivity contribution is 0.390. The number of nitrogens with zero attached hydrogens (tertiary/aromatic N) is 1. The van der Waals surface area contributed by atoms with Crippen LogP contribution in [-0.4, -0.2) is 24.8 Å². The number of rotatable bonds is 3. The van der Waals surface area contributed by atoms with Gasteiger partial charge in [0.15, 0.2) is 0 Å². The first-order valence-electron chi connectivity index (χ1n) is 3.98. The Morgan fingerprint density at radius 3 is 3.25 bits per heavy atom. The van der Waals surface area contributed by atoms with Crippen molar-refractivity contribution in [2.24, 2.45) is 0 Å². The van der Waals surface area contributed by atoms with E-state index in [-0.39, 0.29) is 0 Å². The van der Waals surface area contributed by atoms with E-state index in [1.807, 2.05) is 12.3 Å². The van der Waals surface area contributed by atoms with Gasteiger partial charge in [-0.15, -0.1) is 0 Å². The molecule has 0 spiro atoms. The lowest BCUT2D eigenvalue weighted by atomic mass is 10.1. The van der Waals surface area contributed by atoms with Crippen molar-refractivity contribution in [3.05, 3.63) is 24.0 Å². The van der Waals surface area contributed by atoms with Crippen molar-refractivity contribution in [1.82, 2.24) is 4.98 Å². The molecule has 12 heavy (non-hydrogen) atoms. The van der Waals surface area contributed by atoms with Gasteiger partial charge in [0.1, 0.15) is 5.75 Å². The Labute approximate surface area is 71.3 Å². The first-order chi connectivity index (χ1) is 5.90. The SMILES string of the molecule is COc1ccncc1CC1CO1. The molecule has 0 amide bonds. The first kappa shape index (κ1) is 7.55. The smallest absolute Gasteiger partial charge is 0.125 e. The van der Waals surface area contributed by atoms with E-state index in [4.69, 9.17) is 9.47 Å². The number of methoxy groups -OCH3 is 1. The summed E-state index contributed by atoms with van der Waals surface area (Å²) in [5.41, 5.74) is 1.13. The third-order valence-electron chi connectivity index (χ3n) is 1.93. The van der Waals surface area contributed by atoms with Crippen molar-refractivity contribution in [1.29, 1.82) is 0 Å². The Kier molecular flexibility index (Phi) is 1.96. The molecule has 3 heteroatoms. The predicted octanol–water partition coefficient (Wildman–Crippen LogP) is 1.03. The van der Waals surface area contributed by atoms with E-state index in [2.05, 4.69) is 4.98 Å². The van der Waals surface area contributed by atoms with E-state index in [1.165, 1.54) is 0 Å².